The van der Waals surface area contributed by atoms with Crippen LogP contribution >= 0.6 is 11.6 Å². The third-order valence-electron chi connectivity index (χ3n) is 7.38. The van der Waals surface area contributed by atoms with E-state index in [0.29, 0.717) is 60.0 Å². The lowest BCUT2D eigenvalue weighted by molar-refractivity contribution is -0.182. The van der Waals surface area contributed by atoms with Crippen LogP contribution in [0.25, 0.3) is 5.69 Å². The van der Waals surface area contributed by atoms with Crippen LogP contribution in [0.4, 0.5) is 29.3 Å². The second-order valence-electron chi connectivity index (χ2n) is 9.97. The first-order valence-corrected chi connectivity index (χ1v) is 12.1. The fourth-order valence-electron chi connectivity index (χ4n) is 5.41. The third-order valence-corrected chi connectivity index (χ3v) is 7.62. The molecule has 0 N–H and O–H groups in total. The van der Waals surface area contributed by atoms with Gasteiger partial charge in [-0.05, 0) is 42.8 Å². The predicted octanol–water partition coefficient (Wildman–Crippen LogP) is 3.92. The highest BCUT2D eigenvalue weighted by molar-refractivity contribution is 6.30. The van der Waals surface area contributed by atoms with E-state index < -0.39 is 18.0 Å². The van der Waals surface area contributed by atoms with E-state index in [2.05, 4.69) is 20.1 Å². The smallest absolute Gasteiger partial charge is 0.355 e. The molecule has 37 heavy (non-hydrogen) atoms. The maximum absolute atomic E-state index is 13.6. The van der Waals surface area contributed by atoms with Crippen LogP contribution in [0.2, 0.25) is 5.02 Å². The lowest BCUT2D eigenvalue weighted by Crippen LogP contribution is -2.73. The number of rotatable bonds is 3. The summed E-state index contributed by atoms with van der Waals surface area (Å²) < 4.78 is 56.2. The van der Waals surface area contributed by atoms with Crippen LogP contribution in [0, 0.1) is 22.6 Å². The minimum absolute atomic E-state index is 0.00972. The molecule has 13 heteroatoms. The van der Waals surface area contributed by atoms with Crippen molar-refractivity contribution >= 4 is 23.4 Å². The summed E-state index contributed by atoms with van der Waals surface area (Å²) in [4.78, 5) is 9.49. The molecular formula is C24H21ClF4N8. The van der Waals surface area contributed by atoms with Crippen molar-refractivity contribution in [3.63, 3.8) is 0 Å². The van der Waals surface area contributed by atoms with Crippen LogP contribution in [0.15, 0.2) is 30.3 Å². The molecule has 0 bridgehead atoms. The van der Waals surface area contributed by atoms with Crippen LogP contribution in [0.3, 0.4) is 0 Å². The summed E-state index contributed by atoms with van der Waals surface area (Å²) in [5.74, 6) is 0.926. The third kappa shape index (κ3) is 3.97. The number of nitriles is 1. The predicted molar refractivity (Wildman–Crippen MR) is 127 cm³/mol. The lowest BCUT2D eigenvalue weighted by atomic mass is 9.73. The van der Waals surface area contributed by atoms with Gasteiger partial charge >= 0.3 is 6.18 Å². The average Bonchev–Trinajstić information content (AvgIpc) is 3.12. The number of pyridine rings is 1. The van der Waals surface area contributed by atoms with E-state index in [1.54, 1.807) is 30.3 Å². The Labute approximate surface area is 214 Å². The maximum atomic E-state index is 13.6. The van der Waals surface area contributed by atoms with E-state index in [4.69, 9.17) is 16.9 Å². The van der Waals surface area contributed by atoms with E-state index in [1.165, 1.54) is 11.0 Å². The molecule has 1 unspecified atom stereocenters. The standard InChI is InChI=1S/C24H21ClF4N8/c1-14(24(27,28)29)34-8-15-6-16(25)2-4-19(15)37-21(9-34)32-33-22(37)36-12-23(13-36)10-35(11-23)20-5-3-17(26)18(7-30)31-20/h2-6,14H,8-13H2,1H3. The zero-order valence-corrected chi connectivity index (χ0v) is 20.4. The van der Waals surface area contributed by atoms with Gasteiger partial charge in [0.25, 0.3) is 0 Å². The summed E-state index contributed by atoms with van der Waals surface area (Å²) in [5, 5.41) is 18.1. The molecule has 192 valence electrons. The van der Waals surface area contributed by atoms with E-state index in [1.807, 2.05) is 9.47 Å². The topological polar surface area (TPSA) is 77.1 Å². The van der Waals surface area contributed by atoms with Gasteiger partial charge in [-0.2, -0.15) is 18.4 Å². The number of nitrogens with zero attached hydrogens (tertiary/aromatic N) is 8. The van der Waals surface area contributed by atoms with Gasteiger partial charge in [0.05, 0.1) is 12.2 Å². The summed E-state index contributed by atoms with van der Waals surface area (Å²) in [5.41, 5.74) is 1.14. The molecule has 6 rings (SSSR count). The number of alkyl halides is 3. The molecule has 8 nitrogen and oxygen atoms in total. The molecule has 0 amide bonds. The molecule has 3 aliphatic heterocycles. The van der Waals surface area contributed by atoms with E-state index >= 15 is 0 Å². The molecule has 1 atom stereocenters. The van der Waals surface area contributed by atoms with Crippen molar-refractivity contribution < 1.29 is 17.6 Å². The van der Waals surface area contributed by atoms with E-state index in [-0.39, 0.29) is 24.2 Å². The Bertz CT molecular complexity index is 1420. The van der Waals surface area contributed by atoms with Gasteiger partial charge in [0.15, 0.2) is 17.3 Å². The monoisotopic (exact) mass is 532 g/mol. The summed E-state index contributed by atoms with van der Waals surface area (Å²) in [7, 11) is 0. The van der Waals surface area contributed by atoms with Gasteiger partial charge in [0.2, 0.25) is 5.95 Å². The number of fused-ring (bicyclic) bond motifs is 3. The Hall–Kier alpha value is -3.43. The highest BCUT2D eigenvalue weighted by atomic mass is 35.5. The zero-order valence-electron chi connectivity index (χ0n) is 19.7. The van der Waals surface area contributed by atoms with Crippen molar-refractivity contribution in [1.82, 2.24) is 24.6 Å². The minimum Gasteiger partial charge on any atom is -0.355 e. The molecule has 2 fully saturated rings. The molecule has 0 saturated carbocycles. The van der Waals surface area contributed by atoms with Crippen LogP contribution in [0.5, 0.6) is 0 Å². The van der Waals surface area contributed by atoms with Crippen LogP contribution in [-0.4, -0.2) is 63.0 Å². The number of hydrogen-bond donors (Lipinski definition) is 0. The zero-order chi connectivity index (χ0) is 26.1. The average molecular weight is 533 g/mol. The number of anilines is 2. The Morgan fingerprint density at radius 3 is 2.49 bits per heavy atom. The molecule has 1 aromatic carbocycles. The Morgan fingerprint density at radius 1 is 1.05 bits per heavy atom. The lowest BCUT2D eigenvalue weighted by Gasteiger charge is -2.60. The summed E-state index contributed by atoms with van der Waals surface area (Å²) in [6.07, 6.45) is -4.38. The molecule has 3 aliphatic rings. The SMILES string of the molecule is CC(N1Cc2cc(Cl)ccc2-n2c(nnc2N2CC3(CN(c4ccc(F)c(C#N)n4)C3)C2)C1)C(F)(F)F. The van der Waals surface area contributed by atoms with Crippen molar-refractivity contribution in [3.05, 3.63) is 58.3 Å². The summed E-state index contributed by atoms with van der Waals surface area (Å²) in [6, 6.07) is 8.11. The molecule has 5 heterocycles. The van der Waals surface area contributed by atoms with Gasteiger partial charge in [0.1, 0.15) is 17.9 Å². The molecule has 1 spiro atoms. The maximum Gasteiger partial charge on any atom is 0.403 e. The first-order valence-electron chi connectivity index (χ1n) is 11.7. The van der Waals surface area contributed by atoms with E-state index in [9.17, 15) is 17.6 Å². The normalized spacial score (nSPS) is 19.4. The number of aromatic nitrogens is 4. The second kappa shape index (κ2) is 8.29. The van der Waals surface area contributed by atoms with Crippen LogP contribution < -0.4 is 9.80 Å². The van der Waals surface area contributed by atoms with E-state index in [0.717, 1.165) is 6.92 Å². The molecular weight excluding hydrogens is 512 g/mol. The quantitative estimate of drug-likeness (QED) is 0.473. The highest BCUT2D eigenvalue weighted by Crippen LogP contribution is 2.44. The number of hydrogen-bond acceptors (Lipinski definition) is 7. The fourth-order valence-corrected chi connectivity index (χ4v) is 5.61. The van der Waals surface area contributed by atoms with Gasteiger partial charge in [0, 0.05) is 43.2 Å². The molecule has 0 radical (unpaired) electrons. The largest absolute Gasteiger partial charge is 0.403 e. The van der Waals surface area contributed by atoms with Crippen molar-refractivity contribution in [2.45, 2.75) is 32.2 Å². The fraction of sp³-hybridized carbons (Fsp3) is 0.417. The Balaban J connectivity index is 1.24. The minimum atomic E-state index is -4.38. The highest BCUT2D eigenvalue weighted by Gasteiger charge is 2.53. The summed E-state index contributed by atoms with van der Waals surface area (Å²) >= 11 is 6.20. The summed E-state index contributed by atoms with van der Waals surface area (Å²) in [6.45, 7) is 3.96. The van der Waals surface area contributed by atoms with Gasteiger partial charge in [-0.25, -0.2) is 9.37 Å². The van der Waals surface area contributed by atoms with Gasteiger partial charge < -0.3 is 9.80 Å². The van der Waals surface area contributed by atoms with Crippen molar-refractivity contribution in [2.75, 3.05) is 36.0 Å². The molecule has 2 saturated heterocycles. The molecule has 3 aromatic rings. The van der Waals surface area contributed by atoms with Gasteiger partial charge in [-0.15, -0.1) is 10.2 Å². The van der Waals surface area contributed by atoms with Crippen LogP contribution in [0.1, 0.15) is 24.0 Å². The molecule has 0 aliphatic carbocycles. The number of benzene rings is 1. The van der Waals surface area contributed by atoms with Gasteiger partial charge in [-0.3, -0.25) is 9.47 Å². The Kier molecular flexibility index (Phi) is 5.36. The second-order valence-corrected chi connectivity index (χ2v) is 10.4. The molecule has 2 aromatic heterocycles. The van der Waals surface area contributed by atoms with Crippen LogP contribution in [-0.2, 0) is 13.1 Å². The van der Waals surface area contributed by atoms with Crippen molar-refractivity contribution in [2.24, 2.45) is 5.41 Å². The first kappa shape index (κ1) is 23.9. The Morgan fingerprint density at radius 2 is 1.78 bits per heavy atom. The van der Waals surface area contributed by atoms with Crippen molar-refractivity contribution in [3.8, 4) is 11.8 Å². The number of halogens is 5. The first-order chi connectivity index (χ1) is 17.6. The van der Waals surface area contributed by atoms with Gasteiger partial charge in [-0.1, -0.05) is 11.6 Å². The van der Waals surface area contributed by atoms with Crippen molar-refractivity contribution in [1.29, 1.82) is 5.26 Å².